The van der Waals surface area contributed by atoms with Gasteiger partial charge in [0.2, 0.25) is 0 Å². The number of rotatable bonds is 7. The Kier molecular flexibility index (Phi) is 9.68. The van der Waals surface area contributed by atoms with Crippen molar-refractivity contribution in [2.24, 2.45) is 4.99 Å². The predicted molar refractivity (Wildman–Crippen MR) is 138 cm³/mol. The van der Waals surface area contributed by atoms with E-state index in [-0.39, 0.29) is 24.0 Å². The molecule has 0 radical (unpaired) electrons. The maximum atomic E-state index is 5.35. The molecule has 1 aromatic rings. The number of methoxy groups -OCH3 is 1. The predicted octanol–water partition coefficient (Wildman–Crippen LogP) is 2.01. The molecule has 0 saturated carbocycles. The molecule has 31 heavy (non-hydrogen) atoms. The van der Waals surface area contributed by atoms with Gasteiger partial charge < -0.3 is 15.4 Å². The van der Waals surface area contributed by atoms with Gasteiger partial charge in [-0.3, -0.25) is 19.7 Å². The SMILES string of the molecule is CN=C(NCC1CN2CCN1CC2)NCC(c1ccc(OC)cc1)N1CCCCC1.I. The first-order chi connectivity index (χ1) is 14.8. The van der Waals surface area contributed by atoms with E-state index in [2.05, 4.69) is 54.6 Å². The number of hydrogen-bond acceptors (Lipinski definition) is 5. The van der Waals surface area contributed by atoms with Crippen LogP contribution in [-0.4, -0.2) is 99.8 Å². The molecule has 4 heterocycles. The lowest BCUT2D eigenvalue weighted by atomic mass is 10.0. The number of aliphatic imine (C=N–C) groups is 1. The van der Waals surface area contributed by atoms with Crippen LogP contribution >= 0.6 is 24.0 Å². The molecule has 8 heteroatoms. The maximum absolute atomic E-state index is 5.35. The molecule has 4 aliphatic heterocycles. The summed E-state index contributed by atoms with van der Waals surface area (Å²) in [7, 11) is 3.59. The van der Waals surface area contributed by atoms with E-state index in [0.29, 0.717) is 12.1 Å². The van der Waals surface area contributed by atoms with E-state index in [1.54, 1.807) is 7.11 Å². The van der Waals surface area contributed by atoms with Crippen LogP contribution in [-0.2, 0) is 0 Å². The van der Waals surface area contributed by atoms with Crippen molar-refractivity contribution in [3.63, 3.8) is 0 Å². The summed E-state index contributed by atoms with van der Waals surface area (Å²) in [4.78, 5) is 12.3. The number of halogens is 1. The van der Waals surface area contributed by atoms with Gasteiger partial charge in [0.05, 0.1) is 13.2 Å². The summed E-state index contributed by atoms with van der Waals surface area (Å²) in [6, 6.07) is 9.48. The van der Waals surface area contributed by atoms with Crippen LogP contribution in [0.2, 0.25) is 0 Å². The van der Waals surface area contributed by atoms with Gasteiger partial charge in [-0.2, -0.15) is 0 Å². The van der Waals surface area contributed by atoms with E-state index < -0.39 is 0 Å². The highest BCUT2D eigenvalue weighted by Gasteiger charge is 2.31. The number of benzene rings is 1. The molecule has 5 rings (SSSR count). The Morgan fingerprint density at radius 2 is 1.74 bits per heavy atom. The summed E-state index contributed by atoms with van der Waals surface area (Å²) < 4.78 is 5.35. The summed E-state index contributed by atoms with van der Waals surface area (Å²) in [5.74, 6) is 1.82. The molecule has 0 aromatic heterocycles. The lowest BCUT2D eigenvalue weighted by molar-refractivity contribution is 0.0154. The molecule has 7 nitrogen and oxygen atoms in total. The molecule has 174 valence electrons. The highest BCUT2D eigenvalue weighted by molar-refractivity contribution is 14.0. The first kappa shape index (κ1) is 24.5. The maximum Gasteiger partial charge on any atom is 0.191 e. The van der Waals surface area contributed by atoms with Crippen molar-refractivity contribution in [2.75, 3.05) is 73.1 Å². The molecular weight excluding hydrogens is 503 g/mol. The van der Waals surface area contributed by atoms with Crippen molar-refractivity contribution in [1.29, 1.82) is 0 Å². The smallest absolute Gasteiger partial charge is 0.191 e. The second-order valence-electron chi connectivity index (χ2n) is 8.71. The minimum absolute atomic E-state index is 0. The Bertz CT molecular complexity index is 686. The van der Waals surface area contributed by atoms with Crippen LogP contribution < -0.4 is 15.4 Å². The van der Waals surface area contributed by atoms with Crippen molar-refractivity contribution < 1.29 is 4.74 Å². The number of nitrogens with one attached hydrogen (secondary N) is 2. The number of nitrogens with zero attached hydrogens (tertiary/aromatic N) is 4. The summed E-state index contributed by atoms with van der Waals surface area (Å²) in [6.07, 6.45) is 3.92. The average molecular weight is 543 g/mol. The van der Waals surface area contributed by atoms with Gasteiger partial charge in [-0.05, 0) is 43.6 Å². The number of hydrogen-bond donors (Lipinski definition) is 2. The molecule has 4 fully saturated rings. The molecule has 0 aliphatic carbocycles. The van der Waals surface area contributed by atoms with Crippen LogP contribution in [0.15, 0.2) is 29.3 Å². The first-order valence-electron chi connectivity index (χ1n) is 11.6. The minimum atomic E-state index is 0. The summed E-state index contributed by atoms with van der Waals surface area (Å²) in [5.41, 5.74) is 1.34. The Morgan fingerprint density at radius 1 is 1.03 bits per heavy atom. The topological polar surface area (TPSA) is 55.4 Å². The third-order valence-corrected chi connectivity index (χ3v) is 6.92. The Morgan fingerprint density at radius 3 is 2.32 bits per heavy atom. The number of fused-ring (bicyclic) bond motifs is 3. The van der Waals surface area contributed by atoms with E-state index in [9.17, 15) is 0 Å². The van der Waals surface area contributed by atoms with E-state index in [1.165, 1.54) is 57.5 Å². The van der Waals surface area contributed by atoms with Crippen molar-refractivity contribution in [3.8, 4) is 5.75 Å². The van der Waals surface area contributed by atoms with E-state index in [0.717, 1.165) is 37.9 Å². The number of piperidine rings is 1. The quantitative estimate of drug-likeness (QED) is 0.313. The van der Waals surface area contributed by atoms with Crippen LogP contribution in [0.25, 0.3) is 0 Å². The van der Waals surface area contributed by atoms with Crippen molar-refractivity contribution in [2.45, 2.75) is 31.3 Å². The minimum Gasteiger partial charge on any atom is -0.497 e. The molecule has 2 N–H and O–H groups in total. The van der Waals surface area contributed by atoms with E-state index in [4.69, 9.17) is 4.74 Å². The van der Waals surface area contributed by atoms with Crippen LogP contribution in [0.1, 0.15) is 30.9 Å². The molecule has 1 aromatic carbocycles. The van der Waals surface area contributed by atoms with Crippen molar-refractivity contribution in [1.82, 2.24) is 25.3 Å². The van der Waals surface area contributed by atoms with Crippen molar-refractivity contribution in [3.05, 3.63) is 29.8 Å². The average Bonchev–Trinajstić information content (AvgIpc) is 2.83. The Hall–Kier alpha value is -1.10. The zero-order valence-corrected chi connectivity index (χ0v) is 21.4. The second-order valence-corrected chi connectivity index (χ2v) is 8.71. The zero-order valence-electron chi connectivity index (χ0n) is 19.1. The van der Waals surface area contributed by atoms with Crippen LogP contribution in [0.3, 0.4) is 0 Å². The van der Waals surface area contributed by atoms with Gasteiger partial charge >= 0.3 is 0 Å². The molecule has 0 amide bonds. The molecule has 2 unspecified atom stereocenters. The standard InChI is InChI=1S/C23H38N6O.HI/c1-24-23(25-16-20-18-27-12-14-28(20)15-13-27)26-17-22(29-10-4-3-5-11-29)19-6-8-21(30-2)9-7-19;/h6-9,20,22H,3-5,10-18H2,1-2H3,(H2,24,25,26);1H. The van der Waals surface area contributed by atoms with Gasteiger partial charge in [-0.15, -0.1) is 24.0 Å². The number of likely N-dealkylation sites (tertiary alicyclic amines) is 1. The summed E-state index contributed by atoms with van der Waals surface area (Å²) in [6.45, 7) is 10.2. The molecule has 4 saturated heterocycles. The van der Waals surface area contributed by atoms with Gasteiger partial charge in [0.1, 0.15) is 5.75 Å². The van der Waals surface area contributed by atoms with E-state index in [1.807, 2.05) is 7.05 Å². The fraction of sp³-hybridized carbons (Fsp3) is 0.696. The largest absolute Gasteiger partial charge is 0.497 e. The number of ether oxygens (including phenoxy) is 1. The van der Waals surface area contributed by atoms with Gasteiger partial charge in [-0.1, -0.05) is 18.6 Å². The van der Waals surface area contributed by atoms with Gasteiger partial charge in [0, 0.05) is 58.9 Å². The van der Waals surface area contributed by atoms with Gasteiger partial charge in [-0.25, -0.2) is 0 Å². The molecule has 2 bridgehead atoms. The second kappa shape index (κ2) is 12.2. The number of guanidine groups is 1. The molecule has 0 spiro atoms. The fourth-order valence-corrected chi connectivity index (χ4v) is 5.06. The van der Waals surface area contributed by atoms with Crippen LogP contribution in [0.5, 0.6) is 5.75 Å². The van der Waals surface area contributed by atoms with Crippen molar-refractivity contribution >= 4 is 29.9 Å². The zero-order chi connectivity index (χ0) is 20.8. The first-order valence-corrected chi connectivity index (χ1v) is 11.6. The number of piperazine rings is 3. The van der Waals surface area contributed by atoms with E-state index >= 15 is 0 Å². The van der Waals surface area contributed by atoms with Crippen LogP contribution in [0, 0.1) is 0 Å². The fourth-order valence-electron chi connectivity index (χ4n) is 5.06. The summed E-state index contributed by atoms with van der Waals surface area (Å²) >= 11 is 0. The molecular formula is C23H39IN6O. The third kappa shape index (κ3) is 6.46. The Balaban J connectivity index is 0.00000272. The molecule has 4 aliphatic rings. The highest BCUT2D eigenvalue weighted by atomic mass is 127. The summed E-state index contributed by atoms with van der Waals surface area (Å²) in [5, 5.41) is 7.20. The van der Waals surface area contributed by atoms with Gasteiger partial charge in [0.25, 0.3) is 0 Å². The lowest BCUT2D eigenvalue weighted by Crippen LogP contribution is -2.64. The third-order valence-electron chi connectivity index (χ3n) is 6.92. The molecule has 2 atom stereocenters. The lowest BCUT2D eigenvalue weighted by Gasteiger charge is -2.47. The highest BCUT2D eigenvalue weighted by Crippen LogP contribution is 2.26. The normalized spacial score (nSPS) is 27.3. The van der Waals surface area contributed by atoms with Crippen LogP contribution in [0.4, 0.5) is 0 Å². The monoisotopic (exact) mass is 542 g/mol. The Labute approximate surface area is 204 Å². The van der Waals surface area contributed by atoms with Gasteiger partial charge in [0.15, 0.2) is 5.96 Å².